The minimum absolute atomic E-state index is 0.366. The van der Waals surface area contributed by atoms with Crippen molar-refractivity contribution in [1.82, 2.24) is 0 Å². The SMILES string of the molecule is C=C1OC1C(=O)OC. The number of epoxide rings is 1. The first-order chi connectivity index (χ1) is 3.75. The summed E-state index contributed by atoms with van der Waals surface area (Å²) in [6.07, 6.45) is -0.472. The molecule has 0 aromatic carbocycles. The Morgan fingerprint density at radius 1 is 2.00 bits per heavy atom. The molecule has 1 aliphatic rings. The van der Waals surface area contributed by atoms with Gasteiger partial charge in [0.2, 0.25) is 0 Å². The van der Waals surface area contributed by atoms with Crippen LogP contribution in [0.25, 0.3) is 0 Å². The van der Waals surface area contributed by atoms with Gasteiger partial charge in [-0.15, -0.1) is 0 Å². The first-order valence-electron chi connectivity index (χ1n) is 2.19. The van der Waals surface area contributed by atoms with Gasteiger partial charge in [0.15, 0.2) is 0 Å². The molecule has 0 bridgehead atoms. The molecule has 44 valence electrons. The van der Waals surface area contributed by atoms with Gasteiger partial charge < -0.3 is 9.47 Å². The van der Waals surface area contributed by atoms with Gasteiger partial charge in [-0.05, 0) is 0 Å². The van der Waals surface area contributed by atoms with E-state index in [0.29, 0.717) is 5.76 Å². The van der Waals surface area contributed by atoms with Gasteiger partial charge in [0.1, 0.15) is 5.76 Å². The van der Waals surface area contributed by atoms with Crippen molar-refractivity contribution in [3.63, 3.8) is 0 Å². The molecule has 0 amide bonds. The van der Waals surface area contributed by atoms with Crippen LogP contribution in [0.15, 0.2) is 12.3 Å². The van der Waals surface area contributed by atoms with Crippen molar-refractivity contribution in [3.8, 4) is 0 Å². The van der Waals surface area contributed by atoms with E-state index in [1.54, 1.807) is 0 Å². The maximum Gasteiger partial charge on any atom is 0.355 e. The van der Waals surface area contributed by atoms with Gasteiger partial charge in [0.05, 0.1) is 7.11 Å². The molecule has 1 rings (SSSR count). The first kappa shape index (κ1) is 5.15. The number of carbonyl (C=O) groups excluding carboxylic acids is 1. The van der Waals surface area contributed by atoms with Crippen molar-refractivity contribution in [2.45, 2.75) is 6.10 Å². The van der Waals surface area contributed by atoms with Crippen LogP contribution in [0.1, 0.15) is 0 Å². The smallest absolute Gasteiger partial charge is 0.355 e. The summed E-state index contributed by atoms with van der Waals surface area (Å²) in [6.45, 7) is 3.39. The number of ether oxygens (including phenoxy) is 2. The van der Waals surface area contributed by atoms with Gasteiger partial charge in [-0.1, -0.05) is 6.58 Å². The third-order valence-electron chi connectivity index (χ3n) is 0.920. The highest BCUT2D eigenvalue weighted by atomic mass is 16.6. The van der Waals surface area contributed by atoms with Crippen LogP contribution in [0, 0.1) is 0 Å². The number of methoxy groups -OCH3 is 1. The van der Waals surface area contributed by atoms with Crippen molar-refractivity contribution < 1.29 is 14.3 Å². The molecule has 3 nitrogen and oxygen atoms in total. The number of hydrogen-bond acceptors (Lipinski definition) is 3. The summed E-state index contributed by atoms with van der Waals surface area (Å²) in [7, 11) is 1.32. The molecular formula is C5H6O3. The molecule has 1 saturated heterocycles. The minimum Gasteiger partial charge on any atom is -0.471 e. The predicted octanol–water partition coefficient (Wildman–Crippen LogP) is 0.0719. The van der Waals surface area contributed by atoms with Gasteiger partial charge >= 0.3 is 5.97 Å². The molecule has 0 spiro atoms. The summed E-state index contributed by atoms with van der Waals surface area (Å²) >= 11 is 0. The van der Waals surface area contributed by atoms with Gasteiger partial charge in [0, 0.05) is 0 Å². The van der Waals surface area contributed by atoms with Crippen molar-refractivity contribution in [3.05, 3.63) is 12.3 Å². The highest BCUT2D eigenvalue weighted by molar-refractivity contribution is 5.81. The third-order valence-corrected chi connectivity index (χ3v) is 0.920. The minimum atomic E-state index is -0.472. The fourth-order valence-corrected chi connectivity index (χ4v) is 0.404. The average molecular weight is 114 g/mol. The van der Waals surface area contributed by atoms with Crippen LogP contribution in [0.3, 0.4) is 0 Å². The molecule has 3 heteroatoms. The van der Waals surface area contributed by atoms with Crippen LogP contribution in [-0.2, 0) is 14.3 Å². The van der Waals surface area contributed by atoms with Crippen molar-refractivity contribution in [1.29, 1.82) is 0 Å². The number of carbonyl (C=O) groups is 1. The maximum absolute atomic E-state index is 10.4. The molecule has 0 N–H and O–H groups in total. The van der Waals surface area contributed by atoms with E-state index in [0.717, 1.165) is 0 Å². The lowest BCUT2D eigenvalue weighted by molar-refractivity contribution is -0.141. The molecule has 1 unspecified atom stereocenters. The highest BCUT2D eigenvalue weighted by Gasteiger charge is 2.39. The third kappa shape index (κ3) is 0.665. The molecule has 1 atom stereocenters. The van der Waals surface area contributed by atoms with Crippen LogP contribution in [-0.4, -0.2) is 19.2 Å². The molecule has 0 aliphatic carbocycles. The Morgan fingerprint density at radius 2 is 2.50 bits per heavy atom. The summed E-state index contributed by atoms with van der Waals surface area (Å²) in [5, 5.41) is 0. The van der Waals surface area contributed by atoms with Gasteiger partial charge in [0.25, 0.3) is 6.10 Å². The topological polar surface area (TPSA) is 38.8 Å². The lowest BCUT2D eigenvalue weighted by Crippen LogP contribution is -2.06. The van der Waals surface area contributed by atoms with Crippen molar-refractivity contribution in [2.75, 3.05) is 7.11 Å². The summed E-state index contributed by atoms with van der Waals surface area (Å²) in [4.78, 5) is 10.4. The predicted molar refractivity (Wildman–Crippen MR) is 26.0 cm³/mol. The molecule has 0 aromatic heterocycles. The summed E-state index contributed by atoms with van der Waals surface area (Å²) in [6, 6.07) is 0. The van der Waals surface area contributed by atoms with E-state index in [2.05, 4.69) is 16.1 Å². The Balaban J connectivity index is 2.39. The highest BCUT2D eigenvalue weighted by Crippen LogP contribution is 2.24. The van der Waals surface area contributed by atoms with E-state index in [1.807, 2.05) is 0 Å². The Morgan fingerprint density at radius 3 is 2.62 bits per heavy atom. The standard InChI is InChI=1S/C5H6O3/c1-3-4(8-3)5(6)7-2/h4H,1H2,2H3. The van der Waals surface area contributed by atoms with E-state index in [4.69, 9.17) is 0 Å². The van der Waals surface area contributed by atoms with E-state index < -0.39 is 6.10 Å². The average Bonchev–Trinajstić information content (AvgIpc) is 2.45. The van der Waals surface area contributed by atoms with Gasteiger partial charge in [-0.25, -0.2) is 4.79 Å². The molecule has 1 heterocycles. The second-order valence-corrected chi connectivity index (χ2v) is 1.49. The first-order valence-corrected chi connectivity index (χ1v) is 2.19. The zero-order chi connectivity index (χ0) is 6.15. The quantitative estimate of drug-likeness (QED) is 0.357. The number of hydrogen-bond donors (Lipinski definition) is 0. The molecule has 8 heavy (non-hydrogen) atoms. The number of esters is 1. The zero-order valence-electron chi connectivity index (χ0n) is 4.51. The van der Waals surface area contributed by atoms with Crippen LogP contribution in [0.2, 0.25) is 0 Å². The van der Waals surface area contributed by atoms with E-state index in [1.165, 1.54) is 7.11 Å². The molecule has 1 fully saturated rings. The Kier molecular flexibility index (Phi) is 0.970. The summed E-state index contributed by atoms with van der Waals surface area (Å²) in [5.41, 5.74) is 0. The van der Waals surface area contributed by atoms with Gasteiger partial charge in [-0.2, -0.15) is 0 Å². The molecule has 1 aliphatic heterocycles. The second-order valence-electron chi connectivity index (χ2n) is 1.49. The summed E-state index contributed by atoms with van der Waals surface area (Å²) < 4.78 is 8.92. The van der Waals surface area contributed by atoms with Gasteiger partial charge in [-0.3, -0.25) is 0 Å². The monoisotopic (exact) mass is 114 g/mol. The van der Waals surface area contributed by atoms with Crippen molar-refractivity contribution >= 4 is 5.97 Å². The van der Waals surface area contributed by atoms with Crippen LogP contribution < -0.4 is 0 Å². The van der Waals surface area contributed by atoms with Crippen LogP contribution in [0.5, 0.6) is 0 Å². The van der Waals surface area contributed by atoms with E-state index >= 15 is 0 Å². The normalized spacial score (nSPS) is 24.1. The Bertz CT molecular complexity index is 139. The molecule has 0 saturated carbocycles. The van der Waals surface area contributed by atoms with E-state index in [9.17, 15) is 4.79 Å². The fourth-order valence-electron chi connectivity index (χ4n) is 0.404. The second kappa shape index (κ2) is 1.51. The fraction of sp³-hybridized carbons (Fsp3) is 0.400. The maximum atomic E-state index is 10.4. The molecule has 0 radical (unpaired) electrons. The molecular weight excluding hydrogens is 108 g/mol. The largest absolute Gasteiger partial charge is 0.471 e. The Hall–Kier alpha value is -0.990. The van der Waals surface area contributed by atoms with Crippen LogP contribution >= 0.6 is 0 Å². The summed E-state index contributed by atoms with van der Waals surface area (Å²) in [5.74, 6) is 0.131. The lowest BCUT2D eigenvalue weighted by atomic mass is 10.4. The zero-order valence-corrected chi connectivity index (χ0v) is 4.51. The van der Waals surface area contributed by atoms with Crippen LogP contribution in [0.4, 0.5) is 0 Å². The lowest BCUT2D eigenvalue weighted by Gasteiger charge is -1.86. The molecule has 0 aromatic rings. The number of rotatable bonds is 1. The van der Waals surface area contributed by atoms with Crippen molar-refractivity contribution in [2.24, 2.45) is 0 Å². The van der Waals surface area contributed by atoms with E-state index in [-0.39, 0.29) is 5.97 Å². The Labute approximate surface area is 46.9 Å².